The van der Waals surface area contributed by atoms with Gasteiger partial charge in [-0.25, -0.2) is 0 Å². The molecule has 14 heteroatoms. The number of rotatable bonds is 16. The predicted octanol–water partition coefficient (Wildman–Crippen LogP) is 16.8. The van der Waals surface area contributed by atoms with E-state index in [9.17, 15) is 37.7 Å². The first-order chi connectivity index (χ1) is 37.0. The first-order valence-corrected chi connectivity index (χ1v) is 31.1. The second-order valence-electron chi connectivity index (χ2n) is 20.8. The fraction of sp³-hybridized carbons (Fsp3) is 0.308. The van der Waals surface area contributed by atoms with Crippen molar-refractivity contribution in [1.82, 2.24) is 0 Å². The fourth-order valence-corrected chi connectivity index (χ4v) is 16.7. The number of hydrogen-bond acceptors (Lipinski definition) is 11. The van der Waals surface area contributed by atoms with Crippen LogP contribution in [0.15, 0.2) is 132 Å². The Kier molecular flexibility index (Phi) is 21.0. The molecule has 3 atom stereocenters. The van der Waals surface area contributed by atoms with E-state index in [1.807, 2.05) is 122 Å². The minimum absolute atomic E-state index is 0.0165. The van der Waals surface area contributed by atoms with Crippen LogP contribution in [0.25, 0.3) is 0 Å². The number of allylic oxidation sites excluding steroid dienone is 4. The van der Waals surface area contributed by atoms with Gasteiger partial charge in [0.05, 0.1) is 11.9 Å². The lowest BCUT2D eigenvalue weighted by molar-refractivity contribution is -0.109. The highest BCUT2D eigenvalue weighted by Crippen LogP contribution is 2.56. The SMILES string of the molecule is CCOP(=O)(C(=O)c1c(C)cc(C)cc1C)C(=O)c1c(C)cc(C)cc1C.COP(=O)(C(=O)C1=C(C)CC(C)C=C1C)C(=O)c1c(C)cc(C)cc1C.Cc1cc(C)c(C(=O)P(=O)(Oc2ccccc2)c2ccccc2)c(C)c1. The van der Waals surface area contributed by atoms with E-state index in [1.54, 1.807) is 97.0 Å². The van der Waals surface area contributed by atoms with Crippen LogP contribution in [0.2, 0.25) is 0 Å². The summed E-state index contributed by atoms with van der Waals surface area (Å²) < 4.78 is 57.4. The van der Waals surface area contributed by atoms with Crippen LogP contribution in [-0.4, -0.2) is 41.3 Å². The lowest BCUT2D eigenvalue weighted by Crippen LogP contribution is -2.19. The van der Waals surface area contributed by atoms with Crippen molar-refractivity contribution < 1.29 is 51.2 Å². The van der Waals surface area contributed by atoms with Crippen LogP contribution >= 0.6 is 22.1 Å². The van der Waals surface area contributed by atoms with Gasteiger partial charge in [-0.15, -0.1) is 0 Å². The molecule has 0 saturated heterocycles. The Morgan fingerprint density at radius 3 is 1.13 bits per heavy atom. The number of benzene rings is 6. The molecule has 3 unspecified atom stereocenters. The van der Waals surface area contributed by atoms with E-state index in [2.05, 4.69) is 6.92 Å². The molecular weight excluding hydrogens is 1050 g/mol. The third kappa shape index (κ3) is 13.9. The van der Waals surface area contributed by atoms with E-state index in [0.29, 0.717) is 84.6 Å². The van der Waals surface area contributed by atoms with Crippen LogP contribution in [-0.2, 0) is 27.5 Å². The minimum Gasteiger partial charge on any atom is -0.435 e. The zero-order chi connectivity index (χ0) is 59.1. The summed E-state index contributed by atoms with van der Waals surface area (Å²) in [6, 6.07) is 32.5. The monoisotopic (exact) mass is 1120 g/mol. The van der Waals surface area contributed by atoms with Gasteiger partial charge in [-0.1, -0.05) is 126 Å². The van der Waals surface area contributed by atoms with Crippen molar-refractivity contribution >= 4 is 55.0 Å². The lowest BCUT2D eigenvalue weighted by Gasteiger charge is -2.24. The third-order valence-electron chi connectivity index (χ3n) is 13.7. The predicted molar refractivity (Wildman–Crippen MR) is 320 cm³/mol. The molecule has 416 valence electrons. The lowest BCUT2D eigenvalue weighted by atomic mass is 9.87. The summed E-state index contributed by atoms with van der Waals surface area (Å²) in [5.41, 5.74) is 9.97. The van der Waals surface area contributed by atoms with Gasteiger partial charge < -0.3 is 13.6 Å². The summed E-state index contributed by atoms with van der Waals surface area (Å²) in [4.78, 5) is 66.4. The van der Waals surface area contributed by atoms with Crippen molar-refractivity contribution in [3.63, 3.8) is 0 Å². The normalized spacial score (nSPS) is 14.7. The molecule has 1 aliphatic rings. The first kappa shape index (κ1) is 63.4. The van der Waals surface area contributed by atoms with E-state index < -0.39 is 49.7 Å². The first-order valence-electron chi connectivity index (χ1n) is 26.2. The van der Waals surface area contributed by atoms with Gasteiger partial charge >= 0.3 is 22.1 Å². The Hall–Kier alpha value is -6.44. The Labute approximate surface area is 467 Å². The Balaban J connectivity index is 0.000000218. The van der Waals surface area contributed by atoms with Crippen LogP contribution in [0.3, 0.4) is 0 Å². The zero-order valence-electron chi connectivity index (χ0n) is 48.8. The van der Waals surface area contributed by atoms with Gasteiger partial charge in [-0.05, 0) is 191 Å². The van der Waals surface area contributed by atoms with Crippen molar-refractivity contribution in [2.75, 3.05) is 13.7 Å². The van der Waals surface area contributed by atoms with Crippen molar-refractivity contribution in [3.8, 4) is 5.75 Å². The van der Waals surface area contributed by atoms with E-state index in [4.69, 9.17) is 13.6 Å². The maximum atomic E-state index is 13.9. The van der Waals surface area contributed by atoms with Crippen molar-refractivity contribution in [2.24, 2.45) is 5.92 Å². The minimum atomic E-state index is -4.26. The molecular formula is C65H75O11P3. The quantitative estimate of drug-likeness (QED) is 0.0847. The summed E-state index contributed by atoms with van der Waals surface area (Å²) in [5, 5.41) is 0.397. The maximum Gasteiger partial charge on any atom is 0.346 e. The molecule has 0 radical (unpaired) electrons. The van der Waals surface area contributed by atoms with Gasteiger partial charge in [0.15, 0.2) is 0 Å². The molecule has 6 aromatic rings. The Bertz CT molecular complexity index is 3420. The van der Waals surface area contributed by atoms with Gasteiger partial charge in [-0.2, -0.15) is 0 Å². The van der Waals surface area contributed by atoms with Crippen molar-refractivity contribution in [2.45, 2.75) is 117 Å². The summed E-state index contributed by atoms with van der Waals surface area (Å²) in [6.45, 7) is 29.6. The summed E-state index contributed by atoms with van der Waals surface area (Å²) in [6.07, 6.45) is 2.69. The van der Waals surface area contributed by atoms with Gasteiger partial charge in [0.1, 0.15) is 5.75 Å². The Morgan fingerprint density at radius 2 is 0.797 bits per heavy atom. The van der Waals surface area contributed by atoms with E-state index in [1.165, 1.54) is 7.11 Å². The molecule has 0 amide bonds. The van der Waals surface area contributed by atoms with E-state index in [-0.39, 0.29) is 6.61 Å². The Morgan fingerprint density at radius 1 is 0.468 bits per heavy atom. The highest BCUT2D eigenvalue weighted by atomic mass is 31.2. The number of aryl methyl sites for hydroxylation is 12. The van der Waals surface area contributed by atoms with Crippen molar-refractivity contribution in [1.29, 1.82) is 0 Å². The molecule has 0 fully saturated rings. The zero-order valence-corrected chi connectivity index (χ0v) is 51.5. The van der Waals surface area contributed by atoms with Crippen LogP contribution in [0.5, 0.6) is 5.75 Å². The maximum absolute atomic E-state index is 13.9. The molecule has 7 rings (SSSR count). The average Bonchev–Trinajstić information content (AvgIpc) is 3.35. The van der Waals surface area contributed by atoms with Gasteiger partial charge in [0.2, 0.25) is 0 Å². The van der Waals surface area contributed by atoms with Gasteiger partial charge in [0, 0.05) is 34.9 Å². The van der Waals surface area contributed by atoms with Crippen LogP contribution < -0.4 is 9.83 Å². The van der Waals surface area contributed by atoms with Gasteiger partial charge in [-0.3, -0.25) is 37.7 Å². The third-order valence-corrected chi connectivity index (χ3v) is 20.1. The molecule has 0 aromatic heterocycles. The summed E-state index contributed by atoms with van der Waals surface area (Å²) >= 11 is 0. The standard InChI is InChI=1S/C22H27O4P.C22H21O3P.C21H27O4P/c1-8-26-27(25,21(23)19-15(4)9-13(2)10-16(19)5)22(24)20-17(6)11-14(3)12-18(20)7;1-16-14-17(2)21(18(3)15-16)22(23)26(24,20-12-8-5-9-13-20)25-19-10-6-4-7-11-19;1-12-8-14(3)18(15(4)9-12)20(22)26(24,25-7)21(23)19-16(5)10-13(2)11-17(19)6/h9-12H,8H2,1-7H3;4-15H,1-3H3;8-10,13H,11H2,1-7H3. The summed E-state index contributed by atoms with van der Waals surface area (Å²) in [5.74, 6) is 0.723. The fourth-order valence-electron chi connectivity index (χ4n) is 10.8. The molecule has 1 aliphatic carbocycles. The van der Waals surface area contributed by atoms with Crippen LogP contribution in [0.1, 0.15) is 142 Å². The van der Waals surface area contributed by atoms with E-state index >= 15 is 0 Å². The second-order valence-corrected chi connectivity index (χ2v) is 27.5. The molecule has 6 aromatic carbocycles. The molecule has 0 heterocycles. The highest BCUT2D eigenvalue weighted by Gasteiger charge is 2.46. The second kappa shape index (κ2) is 26.2. The van der Waals surface area contributed by atoms with Crippen LogP contribution in [0.4, 0.5) is 0 Å². The number of hydrogen-bond donors (Lipinski definition) is 0. The smallest absolute Gasteiger partial charge is 0.346 e. The number of carbonyl (C=O) groups excluding carboxylic acids is 5. The number of carbonyl (C=O) groups is 5. The molecule has 0 spiro atoms. The van der Waals surface area contributed by atoms with Gasteiger partial charge in [0.25, 0.3) is 27.6 Å². The van der Waals surface area contributed by atoms with Crippen LogP contribution in [0, 0.1) is 89.0 Å². The van der Waals surface area contributed by atoms with E-state index in [0.717, 1.165) is 44.5 Å². The summed E-state index contributed by atoms with van der Waals surface area (Å²) in [7, 11) is -11.1. The highest BCUT2D eigenvalue weighted by molar-refractivity contribution is 7.92. The molecule has 79 heavy (non-hydrogen) atoms. The average molecular weight is 1130 g/mol. The molecule has 0 aliphatic heterocycles. The molecule has 0 bridgehead atoms. The topological polar surface area (TPSA) is 164 Å². The molecule has 0 N–H and O–H groups in total. The molecule has 0 saturated carbocycles. The number of para-hydroxylation sites is 1. The molecule has 11 nitrogen and oxygen atoms in total. The largest absolute Gasteiger partial charge is 0.435 e. The van der Waals surface area contributed by atoms with Crippen molar-refractivity contribution in [3.05, 3.63) is 221 Å².